The molecule has 7 nitrogen and oxygen atoms in total. The molecule has 0 aromatic heterocycles. The van der Waals surface area contributed by atoms with Crippen molar-refractivity contribution >= 4 is 16.1 Å². The predicted molar refractivity (Wildman–Crippen MR) is 80.0 cm³/mol. The molecule has 1 heterocycles. The van der Waals surface area contributed by atoms with Gasteiger partial charge in [0.15, 0.2) is 0 Å². The van der Waals surface area contributed by atoms with E-state index in [2.05, 4.69) is 0 Å². The van der Waals surface area contributed by atoms with Crippen LogP contribution in [0, 0.1) is 0 Å². The van der Waals surface area contributed by atoms with Gasteiger partial charge in [-0.1, -0.05) is 18.2 Å². The maximum Gasteiger partial charge on any atom is 0.407 e. The molecule has 1 amide bonds. The summed E-state index contributed by atoms with van der Waals surface area (Å²) in [7, 11) is -3.66. The van der Waals surface area contributed by atoms with Gasteiger partial charge in [0.05, 0.1) is 4.90 Å². The van der Waals surface area contributed by atoms with Crippen LogP contribution in [0.4, 0.5) is 4.79 Å². The molecule has 1 aromatic carbocycles. The molecule has 8 heteroatoms. The second-order valence-electron chi connectivity index (χ2n) is 5.18. The average molecular weight is 328 g/mol. The summed E-state index contributed by atoms with van der Waals surface area (Å²) in [6.07, 6.45) is -0.198. The minimum Gasteiger partial charge on any atom is -0.465 e. The highest BCUT2D eigenvalue weighted by Crippen LogP contribution is 2.23. The van der Waals surface area contributed by atoms with E-state index in [1.807, 2.05) is 0 Å². The summed E-state index contributed by atoms with van der Waals surface area (Å²) in [5, 5.41) is 18.1. The van der Waals surface area contributed by atoms with Crippen molar-refractivity contribution in [1.82, 2.24) is 9.21 Å². The number of carbonyl (C=O) groups is 1. The van der Waals surface area contributed by atoms with E-state index in [0.29, 0.717) is 12.8 Å². The molecule has 1 unspecified atom stereocenters. The number of rotatable bonds is 5. The van der Waals surface area contributed by atoms with Crippen LogP contribution in [0.5, 0.6) is 0 Å². The van der Waals surface area contributed by atoms with Gasteiger partial charge in [-0.25, -0.2) is 13.2 Å². The van der Waals surface area contributed by atoms with Gasteiger partial charge in [0.1, 0.15) is 0 Å². The number of nitrogens with zero attached hydrogens (tertiary/aromatic N) is 2. The van der Waals surface area contributed by atoms with E-state index in [1.165, 1.54) is 21.3 Å². The monoisotopic (exact) mass is 328 g/mol. The first-order chi connectivity index (χ1) is 10.5. The summed E-state index contributed by atoms with van der Waals surface area (Å²) < 4.78 is 26.8. The maximum absolute atomic E-state index is 12.7. The Morgan fingerprint density at radius 3 is 2.50 bits per heavy atom. The molecule has 1 aromatic rings. The van der Waals surface area contributed by atoms with Crippen LogP contribution in [-0.4, -0.2) is 66.2 Å². The zero-order valence-electron chi connectivity index (χ0n) is 12.1. The van der Waals surface area contributed by atoms with Crippen LogP contribution in [0.25, 0.3) is 0 Å². The van der Waals surface area contributed by atoms with E-state index in [0.717, 1.165) is 0 Å². The van der Waals surface area contributed by atoms with Crippen LogP contribution >= 0.6 is 0 Å². The molecule has 1 aliphatic heterocycles. The second kappa shape index (κ2) is 7.08. The summed E-state index contributed by atoms with van der Waals surface area (Å²) in [5.41, 5.74) is 0. The highest BCUT2D eigenvalue weighted by atomic mass is 32.2. The Bertz CT molecular complexity index is 605. The number of amides is 1. The Morgan fingerprint density at radius 2 is 1.91 bits per heavy atom. The summed E-state index contributed by atoms with van der Waals surface area (Å²) in [6, 6.07) is 7.66. The molecule has 1 atom stereocenters. The third-order valence-electron chi connectivity index (χ3n) is 3.74. The summed E-state index contributed by atoms with van der Waals surface area (Å²) in [4.78, 5) is 12.5. The number of carboxylic acid groups (broad SMARTS) is 1. The van der Waals surface area contributed by atoms with E-state index in [-0.39, 0.29) is 31.1 Å². The topological polar surface area (TPSA) is 98.2 Å². The van der Waals surface area contributed by atoms with Gasteiger partial charge in [-0.05, 0) is 25.0 Å². The Labute approximate surface area is 129 Å². The molecule has 1 saturated heterocycles. The Balaban J connectivity index is 2.25. The van der Waals surface area contributed by atoms with E-state index in [1.54, 1.807) is 18.2 Å². The molecule has 2 rings (SSSR count). The molecule has 1 aliphatic rings. The Morgan fingerprint density at radius 1 is 1.23 bits per heavy atom. The number of hydrogen-bond donors (Lipinski definition) is 2. The number of piperazine rings is 1. The van der Waals surface area contributed by atoms with Crippen LogP contribution in [0.1, 0.15) is 12.8 Å². The van der Waals surface area contributed by atoms with Crippen molar-refractivity contribution in [3.05, 3.63) is 30.3 Å². The van der Waals surface area contributed by atoms with Crippen molar-refractivity contribution in [1.29, 1.82) is 0 Å². The first kappa shape index (κ1) is 16.7. The van der Waals surface area contributed by atoms with Gasteiger partial charge < -0.3 is 15.1 Å². The lowest BCUT2D eigenvalue weighted by Crippen LogP contribution is -2.56. The smallest absolute Gasteiger partial charge is 0.407 e. The molecule has 22 heavy (non-hydrogen) atoms. The molecule has 2 N–H and O–H groups in total. The van der Waals surface area contributed by atoms with E-state index in [9.17, 15) is 13.2 Å². The molecule has 0 bridgehead atoms. The molecule has 0 saturated carbocycles. The summed E-state index contributed by atoms with van der Waals surface area (Å²) >= 11 is 0. The van der Waals surface area contributed by atoms with Gasteiger partial charge in [0, 0.05) is 32.3 Å². The summed E-state index contributed by atoms with van der Waals surface area (Å²) in [5.74, 6) is 0. The van der Waals surface area contributed by atoms with E-state index < -0.39 is 22.2 Å². The Kier molecular flexibility index (Phi) is 5.38. The fraction of sp³-hybridized carbons (Fsp3) is 0.500. The quantitative estimate of drug-likeness (QED) is 0.833. The number of sulfonamides is 1. The molecule has 1 fully saturated rings. The Hall–Kier alpha value is -1.64. The largest absolute Gasteiger partial charge is 0.465 e. The highest BCUT2D eigenvalue weighted by molar-refractivity contribution is 7.89. The number of aliphatic hydroxyl groups is 1. The third kappa shape index (κ3) is 3.57. The van der Waals surface area contributed by atoms with E-state index >= 15 is 0 Å². The molecular formula is C14H20N2O5S. The van der Waals surface area contributed by atoms with Crippen molar-refractivity contribution in [2.75, 3.05) is 26.2 Å². The molecule has 0 aliphatic carbocycles. The van der Waals surface area contributed by atoms with Crippen LogP contribution in [0.15, 0.2) is 35.2 Å². The predicted octanol–water partition coefficient (Wildman–Crippen LogP) is 0.812. The van der Waals surface area contributed by atoms with Crippen molar-refractivity contribution in [2.24, 2.45) is 0 Å². The standard InChI is InChI=1S/C14H20N2O5S/c17-10-4-5-12-11-15(14(18)19)8-9-16(12)22(20,21)13-6-2-1-3-7-13/h1-3,6-7,12,17H,4-5,8-11H2,(H,18,19). The van der Waals surface area contributed by atoms with Crippen LogP contribution in [0.2, 0.25) is 0 Å². The van der Waals surface area contributed by atoms with Gasteiger partial charge in [-0.3, -0.25) is 0 Å². The summed E-state index contributed by atoms with van der Waals surface area (Å²) in [6.45, 7) is 0.348. The lowest BCUT2D eigenvalue weighted by molar-refractivity contribution is 0.0999. The van der Waals surface area contributed by atoms with Crippen molar-refractivity contribution < 1.29 is 23.4 Å². The minimum absolute atomic E-state index is 0.0528. The van der Waals surface area contributed by atoms with Crippen LogP contribution in [0.3, 0.4) is 0 Å². The average Bonchev–Trinajstić information content (AvgIpc) is 2.53. The minimum atomic E-state index is -3.66. The third-order valence-corrected chi connectivity index (χ3v) is 5.71. The molecular weight excluding hydrogens is 308 g/mol. The lowest BCUT2D eigenvalue weighted by Gasteiger charge is -2.39. The van der Waals surface area contributed by atoms with Gasteiger partial charge >= 0.3 is 6.09 Å². The molecule has 122 valence electrons. The fourth-order valence-corrected chi connectivity index (χ4v) is 4.28. The first-order valence-corrected chi connectivity index (χ1v) is 8.56. The first-order valence-electron chi connectivity index (χ1n) is 7.12. The van der Waals surface area contributed by atoms with Crippen molar-refractivity contribution in [3.8, 4) is 0 Å². The molecule has 0 spiro atoms. The van der Waals surface area contributed by atoms with Gasteiger partial charge in [-0.2, -0.15) is 4.31 Å². The zero-order chi connectivity index (χ0) is 16.2. The number of hydrogen-bond acceptors (Lipinski definition) is 4. The normalized spacial score (nSPS) is 20.0. The fourth-order valence-electron chi connectivity index (χ4n) is 2.62. The highest BCUT2D eigenvalue weighted by Gasteiger charge is 2.36. The lowest BCUT2D eigenvalue weighted by atomic mass is 10.1. The molecule has 0 radical (unpaired) electrons. The number of benzene rings is 1. The van der Waals surface area contributed by atoms with Crippen LogP contribution in [-0.2, 0) is 10.0 Å². The maximum atomic E-state index is 12.7. The zero-order valence-corrected chi connectivity index (χ0v) is 12.9. The second-order valence-corrected chi connectivity index (χ2v) is 7.07. The SMILES string of the molecule is O=C(O)N1CCN(S(=O)(=O)c2ccccc2)C(CCCO)C1. The van der Waals surface area contributed by atoms with Gasteiger partial charge in [0.2, 0.25) is 10.0 Å². The number of aliphatic hydroxyl groups excluding tert-OH is 1. The van der Waals surface area contributed by atoms with E-state index in [4.69, 9.17) is 10.2 Å². The van der Waals surface area contributed by atoms with Crippen molar-refractivity contribution in [2.45, 2.75) is 23.8 Å². The van der Waals surface area contributed by atoms with Gasteiger partial charge in [-0.15, -0.1) is 0 Å². The van der Waals surface area contributed by atoms with Crippen molar-refractivity contribution in [3.63, 3.8) is 0 Å². The van der Waals surface area contributed by atoms with Crippen LogP contribution < -0.4 is 0 Å². The van der Waals surface area contributed by atoms with Gasteiger partial charge in [0.25, 0.3) is 0 Å².